The molecule has 60 valence electrons. The molecule has 0 aromatic rings. The van der Waals surface area contributed by atoms with Gasteiger partial charge in [0.25, 0.3) is 0 Å². The van der Waals surface area contributed by atoms with Crippen molar-refractivity contribution in [3.05, 3.63) is 0 Å². The fourth-order valence-electron chi connectivity index (χ4n) is 1.77. The summed E-state index contributed by atoms with van der Waals surface area (Å²) >= 11 is 3.55. The van der Waals surface area contributed by atoms with Gasteiger partial charge in [-0.3, -0.25) is 0 Å². The summed E-state index contributed by atoms with van der Waals surface area (Å²) in [6.07, 6.45) is 2.77. The fourth-order valence-corrected chi connectivity index (χ4v) is 2.74. The summed E-state index contributed by atoms with van der Waals surface area (Å²) in [7, 11) is 0. The van der Waals surface area contributed by atoms with Crippen LogP contribution in [-0.2, 0) is 0 Å². The van der Waals surface area contributed by atoms with Crippen molar-refractivity contribution in [1.82, 2.24) is 0 Å². The van der Waals surface area contributed by atoms with E-state index in [0.717, 1.165) is 11.8 Å². The Kier molecular flexibility index (Phi) is 2.44. The lowest BCUT2D eigenvalue weighted by atomic mass is 9.89. The average molecular weight is 205 g/mol. The van der Waals surface area contributed by atoms with Gasteiger partial charge in [-0.2, -0.15) is 0 Å². The van der Waals surface area contributed by atoms with Crippen molar-refractivity contribution < 1.29 is 0 Å². The van der Waals surface area contributed by atoms with Gasteiger partial charge in [-0.15, -0.1) is 0 Å². The van der Waals surface area contributed by atoms with E-state index in [1.807, 2.05) is 0 Å². The molecule has 1 aliphatic carbocycles. The lowest BCUT2D eigenvalue weighted by Crippen LogP contribution is -2.10. The lowest BCUT2D eigenvalue weighted by Gasteiger charge is -2.17. The second-order valence-electron chi connectivity index (χ2n) is 3.87. The van der Waals surface area contributed by atoms with Gasteiger partial charge in [-0.1, -0.05) is 43.1 Å². The van der Waals surface area contributed by atoms with E-state index in [0.29, 0.717) is 5.41 Å². The van der Waals surface area contributed by atoms with E-state index in [9.17, 15) is 0 Å². The van der Waals surface area contributed by atoms with Crippen LogP contribution in [0.3, 0.4) is 0 Å². The topological polar surface area (TPSA) is 0 Å². The average Bonchev–Trinajstić information content (AvgIpc) is 2.61. The third-order valence-electron chi connectivity index (χ3n) is 3.38. The predicted octanol–water partition coefficient (Wildman–Crippen LogP) is 3.45. The van der Waals surface area contributed by atoms with Crippen molar-refractivity contribution in [2.24, 2.45) is 17.3 Å². The van der Waals surface area contributed by atoms with Crippen molar-refractivity contribution in [3.63, 3.8) is 0 Å². The molecule has 0 radical (unpaired) electrons. The maximum atomic E-state index is 3.55. The van der Waals surface area contributed by atoms with Crippen LogP contribution in [0.25, 0.3) is 0 Å². The largest absolute Gasteiger partial charge is 0.0925 e. The maximum absolute atomic E-state index is 3.55. The van der Waals surface area contributed by atoms with Crippen LogP contribution in [0.15, 0.2) is 0 Å². The zero-order valence-electron chi connectivity index (χ0n) is 7.15. The molecule has 0 aromatic carbocycles. The molecule has 0 spiro atoms. The first-order valence-corrected chi connectivity index (χ1v) is 5.33. The lowest BCUT2D eigenvalue weighted by molar-refractivity contribution is 0.330. The maximum Gasteiger partial charge on any atom is 0.00651 e. The highest BCUT2D eigenvalue weighted by Gasteiger charge is 2.51. The number of hydrogen-bond donors (Lipinski definition) is 0. The summed E-state index contributed by atoms with van der Waals surface area (Å²) in [5, 5.41) is 1.20. The molecule has 1 heteroatoms. The molecule has 3 unspecified atom stereocenters. The quantitative estimate of drug-likeness (QED) is 0.619. The van der Waals surface area contributed by atoms with Crippen LogP contribution in [0.2, 0.25) is 0 Å². The van der Waals surface area contributed by atoms with Gasteiger partial charge in [0.2, 0.25) is 0 Å². The summed E-state index contributed by atoms with van der Waals surface area (Å²) in [5.74, 6) is 1.87. The van der Waals surface area contributed by atoms with E-state index in [1.54, 1.807) is 0 Å². The summed E-state index contributed by atoms with van der Waals surface area (Å²) < 4.78 is 0. The van der Waals surface area contributed by atoms with Crippen LogP contribution in [-0.4, -0.2) is 5.33 Å². The molecule has 1 aliphatic rings. The molecule has 0 bridgehead atoms. The first-order valence-electron chi connectivity index (χ1n) is 4.21. The van der Waals surface area contributed by atoms with Crippen LogP contribution >= 0.6 is 15.9 Å². The van der Waals surface area contributed by atoms with E-state index in [-0.39, 0.29) is 0 Å². The SMILES string of the molecule is CCC(C)C1(C)CC1CBr. The van der Waals surface area contributed by atoms with Crippen molar-refractivity contribution in [3.8, 4) is 0 Å². The van der Waals surface area contributed by atoms with Gasteiger partial charge < -0.3 is 0 Å². The molecule has 0 heterocycles. The van der Waals surface area contributed by atoms with Crippen molar-refractivity contribution >= 4 is 15.9 Å². The summed E-state index contributed by atoms with van der Waals surface area (Å²) in [4.78, 5) is 0. The first-order chi connectivity index (χ1) is 4.65. The van der Waals surface area contributed by atoms with Crippen LogP contribution in [0, 0.1) is 17.3 Å². The molecule has 0 saturated heterocycles. The first kappa shape index (κ1) is 8.58. The van der Waals surface area contributed by atoms with Crippen LogP contribution < -0.4 is 0 Å². The Balaban J connectivity index is 2.42. The molecule has 0 aliphatic heterocycles. The fraction of sp³-hybridized carbons (Fsp3) is 1.00. The highest BCUT2D eigenvalue weighted by molar-refractivity contribution is 9.09. The number of rotatable bonds is 3. The normalized spacial score (nSPS) is 41.4. The molecule has 0 amide bonds. The van der Waals surface area contributed by atoms with E-state index < -0.39 is 0 Å². The number of alkyl halides is 1. The Hall–Kier alpha value is 0.480. The molecular formula is C9H17Br. The van der Waals surface area contributed by atoms with Gasteiger partial charge in [0.1, 0.15) is 0 Å². The van der Waals surface area contributed by atoms with Gasteiger partial charge in [-0.05, 0) is 23.7 Å². The minimum atomic E-state index is 0.679. The van der Waals surface area contributed by atoms with Gasteiger partial charge in [0.05, 0.1) is 0 Å². The zero-order valence-corrected chi connectivity index (χ0v) is 8.74. The van der Waals surface area contributed by atoms with Crippen LogP contribution in [0.4, 0.5) is 0 Å². The van der Waals surface area contributed by atoms with Crippen molar-refractivity contribution in [1.29, 1.82) is 0 Å². The second-order valence-corrected chi connectivity index (χ2v) is 4.52. The third-order valence-corrected chi connectivity index (χ3v) is 4.16. The Morgan fingerprint density at radius 3 is 2.60 bits per heavy atom. The molecule has 1 saturated carbocycles. The monoisotopic (exact) mass is 204 g/mol. The van der Waals surface area contributed by atoms with Crippen LogP contribution in [0.5, 0.6) is 0 Å². The van der Waals surface area contributed by atoms with Crippen molar-refractivity contribution in [2.45, 2.75) is 33.6 Å². The predicted molar refractivity (Wildman–Crippen MR) is 49.5 cm³/mol. The molecule has 10 heavy (non-hydrogen) atoms. The molecule has 1 fully saturated rings. The van der Waals surface area contributed by atoms with Gasteiger partial charge in [-0.25, -0.2) is 0 Å². The van der Waals surface area contributed by atoms with E-state index in [2.05, 4.69) is 36.7 Å². The summed E-state index contributed by atoms with van der Waals surface area (Å²) in [5.41, 5.74) is 0.679. The molecule has 1 rings (SSSR count). The molecule has 0 aromatic heterocycles. The highest BCUT2D eigenvalue weighted by Crippen LogP contribution is 2.58. The molecule has 0 nitrogen and oxygen atoms in total. The minimum absolute atomic E-state index is 0.679. The molecule has 3 atom stereocenters. The summed E-state index contributed by atoms with van der Waals surface area (Å²) in [6.45, 7) is 7.09. The van der Waals surface area contributed by atoms with Gasteiger partial charge in [0.15, 0.2) is 0 Å². The second kappa shape index (κ2) is 2.84. The van der Waals surface area contributed by atoms with E-state index >= 15 is 0 Å². The summed E-state index contributed by atoms with van der Waals surface area (Å²) in [6, 6.07) is 0. The van der Waals surface area contributed by atoms with E-state index in [1.165, 1.54) is 18.2 Å². The Morgan fingerprint density at radius 2 is 2.30 bits per heavy atom. The number of hydrogen-bond acceptors (Lipinski definition) is 0. The zero-order chi connectivity index (χ0) is 7.78. The third kappa shape index (κ3) is 1.25. The number of halogens is 1. The smallest absolute Gasteiger partial charge is 0.00651 e. The standard InChI is InChI=1S/C9H17Br/c1-4-7(2)9(3)5-8(9)6-10/h7-8H,4-6H2,1-3H3. The molecular weight excluding hydrogens is 188 g/mol. The van der Waals surface area contributed by atoms with Gasteiger partial charge >= 0.3 is 0 Å². The van der Waals surface area contributed by atoms with Gasteiger partial charge in [0, 0.05) is 5.33 Å². The van der Waals surface area contributed by atoms with Crippen molar-refractivity contribution in [2.75, 3.05) is 5.33 Å². The Labute approximate surface area is 72.5 Å². The highest BCUT2D eigenvalue weighted by atomic mass is 79.9. The Morgan fingerprint density at radius 1 is 1.70 bits per heavy atom. The van der Waals surface area contributed by atoms with Crippen LogP contribution in [0.1, 0.15) is 33.6 Å². The van der Waals surface area contributed by atoms with E-state index in [4.69, 9.17) is 0 Å². The Bertz CT molecular complexity index is 122. The minimum Gasteiger partial charge on any atom is -0.0925 e. The molecule has 0 N–H and O–H groups in total.